The summed E-state index contributed by atoms with van der Waals surface area (Å²) in [6.45, 7) is -0.427. The Bertz CT molecular complexity index is 392. The van der Waals surface area contributed by atoms with Gasteiger partial charge in [-0.1, -0.05) is 30.3 Å². The fourth-order valence-electron chi connectivity index (χ4n) is 1.41. The van der Waals surface area contributed by atoms with Crippen LogP contribution >= 0.6 is 0 Å². The van der Waals surface area contributed by atoms with Crippen molar-refractivity contribution in [1.82, 2.24) is 5.32 Å². The number of carboxylic acids is 2. The number of aliphatic hydroxyl groups excluding tert-OH is 1. The Kier molecular flexibility index (Phi) is 4.62. The highest BCUT2D eigenvalue weighted by molar-refractivity contribution is 5.74. The zero-order valence-electron chi connectivity index (χ0n) is 8.91. The van der Waals surface area contributed by atoms with Crippen molar-refractivity contribution >= 4 is 11.9 Å². The van der Waals surface area contributed by atoms with Gasteiger partial charge in [-0.2, -0.15) is 0 Å². The summed E-state index contributed by atoms with van der Waals surface area (Å²) in [5, 5.41) is 29.3. The van der Waals surface area contributed by atoms with Crippen LogP contribution in [0, 0.1) is 0 Å². The molecule has 0 amide bonds. The van der Waals surface area contributed by atoms with Crippen molar-refractivity contribution in [3.8, 4) is 0 Å². The third-order valence-electron chi connectivity index (χ3n) is 2.20. The Labute approximate surface area is 97.5 Å². The van der Waals surface area contributed by atoms with E-state index < -0.39 is 30.6 Å². The maximum Gasteiger partial charge on any atom is 0.334 e. The van der Waals surface area contributed by atoms with Gasteiger partial charge in [0.2, 0.25) is 0 Å². The van der Waals surface area contributed by atoms with Gasteiger partial charge < -0.3 is 15.3 Å². The fourth-order valence-corrected chi connectivity index (χ4v) is 1.41. The van der Waals surface area contributed by atoms with Gasteiger partial charge in [0.05, 0.1) is 12.6 Å². The van der Waals surface area contributed by atoms with E-state index in [0.29, 0.717) is 5.56 Å². The maximum absolute atomic E-state index is 10.7. The number of aliphatic hydroxyl groups is 1. The van der Waals surface area contributed by atoms with Crippen molar-refractivity contribution in [2.24, 2.45) is 0 Å². The van der Waals surface area contributed by atoms with Crippen LogP contribution in [0.15, 0.2) is 30.3 Å². The normalized spacial score (nSPS) is 13.9. The lowest BCUT2D eigenvalue weighted by atomic mass is 10.0. The quantitative estimate of drug-likeness (QED) is 0.550. The van der Waals surface area contributed by atoms with Gasteiger partial charge in [-0.15, -0.1) is 0 Å². The van der Waals surface area contributed by atoms with Crippen LogP contribution in [0.1, 0.15) is 11.6 Å². The molecule has 0 saturated carbocycles. The number of hydrogen-bond acceptors (Lipinski definition) is 4. The third-order valence-corrected chi connectivity index (χ3v) is 2.20. The highest BCUT2D eigenvalue weighted by atomic mass is 16.4. The van der Waals surface area contributed by atoms with Crippen molar-refractivity contribution < 1.29 is 24.9 Å². The summed E-state index contributed by atoms with van der Waals surface area (Å²) in [6, 6.07) is 7.38. The van der Waals surface area contributed by atoms with Crippen LogP contribution in [0.25, 0.3) is 0 Å². The van der Waals surface area contributed by atoms with Gasteiger partial charge in [0.1, 0.15) is 0 Å². The first-order chi connectivity index (χ1) is 8.02. The molecule has 92 valence electrons. The van der Waals surface area contributed by atoms with Crippen LogP contribution in [-0.4, -0.2) is 39.9 Å². The molecule has 0 aliphatic carbocycles. The van der Waals surface area contributed by atoms with Gasteiger partial charge >= 0.3 is 11.9 Å². The average molecular weight is 239 g/mol. The lowest BCUT2D eigenvalue weighted by Crippen LogP contribution is -2.39. The van der Waals surface area contributed by atoms with Gasteiger partial charge in [0.15, 0.2) is 6.10 Å². The second-order valence-electron chi connectivity index (χ2n) is 3.45. The SMILES string of the molecule is O=C(O)CN[C@@H](c1ccccc1)[C@H](O)C(=O)O. The lowest BCUT2D eigenvalue weighted by Gasteiger charge is -2.20. The summed E-state index contributed by atoms with van der Waals surface area (Å²) in [7, 11) is 0. The van der Waals surface area contributed by atoms with Gasteiger partial charge in [0.25, 0.3) is 0 Å². The van der Waals surface area contributed by atoms with E-state index >= 15 is 0 Å². The number of rotatable bonds is 6. The van der Waals surface area contributed by atoms with Crippen LogP contribution in [-0.2, 0) is 9.59 Å². The largest absolute Gasteiger partial charge is 0.480 e. The van der Waals surface area contributed by atoms with E-state index in [1.807, 2.05) is 0 Å². The molecule has 1 aromatic rings. The predicted molar refractivity (Wildman–Crippen MR) is 58.5 cm³/mol. The number of aliphatic carboxylic acids is 2. The molecule has 0 heterocycles. The molecule has 0 spiro atoms. The fraction of sp³-hybridized carbons (Fsp3) is 0.273. The lowest BCUT2D eigenvalue weighted by molar-refractivity contribution is -0.149. The van der Waals surface area contributed by atoms with Crippen molar-refractivity contribution in [2.45, 2.75) is 12.1 Å². The van der Waals surface area contributed by atoms with Crippen LogP contribution in [0.2, 0.25) is 0 Å². The average Bonchev–Trinajstić information content (AvgIpc) is 2.30. The van der Waals surface area contributed by atoms with Crippen molar-refractivity contribution in [3.63, 3.8) is 0 Å². The topological polar surface area (TPSA) is 107 Å². The van der Waals surface area contributed by atoms with Crippen molar-refractivity contribution in [3.05, 3.63) is 35.9 Å². The molecule has 0 unspecified atom stereocenters. The van der Waals surface area contributed by atoms with Gasteiger partial charge in [-0.3, -0.25) is 10.1 Å². The van der Waals surface area contributed by atoms with Crippen LogP contribution in [0.5, 0.6) is 0 Å². The molecule has 0 fully saturated rings. The third kappa shape index (κ3) is 3.86. The number of benzene rings is 1. The van der Waals surface area contributed by atoms with Crippen LogP contribution < -0.4 is 5.32 Å². The van der Waals surface area contributed by atoms with E-state index in [9.17, 15) is 14.7 Å². The maximum atomic E-state index is 10.7. The summed E-state index contributed by atoms with van der Waals surface area (Å²) < 4.78 is 0. The Morgan fingerprint density at radius 1 is 1.18 bits per heavy atom. The molecule has 6 heteroatoms. The van der Waals surface area contributed by atoms with Crippen LogP contribution in [0.3, 0.4) is 0 Å². The Hall–Kier alpha value is -1.92. The zero-order chi connectivity index (χ0) is 12.8. The second-order valence-corrected chi connectivity index (χ2v) is 3.45. The minimum absolute atomic E-state index is 0.427. The van der Waals surface area contributed by atoms with E-state index in [2.05, 4.69) is 5.32 Å². The second kappa shape index (κ2) is 5.97. The summed E-state index contributed by atoms with van der Waals surface area (Å²) in [5.74, 6) is -2.53. The molecule has 0 aliphatic heterocycles. The molecule has 0 saturated heterocycles. The molecule has 0 aliphatic rings. The zero-order valence-corrected chi connectivity index (χ0v) is 8.91. The smallest absolute Gasteiger partial charge is 0.334 e. The molecule has 6 nitrogen and oxygen atoms in total. The molecule has 1 aromatic carbocycles. The van der Waals surface area contributed by atoms with E-state index in [1.165, 1.54) is 0 Å². The summed E-state index contributed by atoms with van der Waals surface area (Å²) in [6.07, 6.45) is -1.70. The number of nitrogens with one attached hydrogen (secondary N) is 1. The number of carbonyl (C=O) groups is 2. The molecule has 2 atom stereocenters. The van der Waals surface area contributed by atoms with E-state index in [-0.39, 0.29) is 0 Å². The first-order valence-corrected chi connectivity index (χ1v) is 4.93. The Morgan fingerprint density at radius 2 is 1.76 bits per heavy atom. The van der Waals surface area contributed by atoms with Gasteiger partial charge in [-0.25, -0.2) is 4.79 Å². The number of hydrogen-bond donors (Lipinski definition) is 4. The molecular weight excluding hydrogens is 226 g/mol. The molecule has 17 heavy (non-hydrogen) atoms. The molecule has 4 N–H and O–H groups in total. The summed E-state index contributed by atoms with van der Waals surface area (Å²) >= 11 is 0. The van der Waals surface area contributed by atoms with E-state index in [1.54, 1.807) is 30.3 Å². The Morgan fingerprint density at radius 3 is 2.24 bits per heavy atom. The molecule has 0 aromatic heterocycles. The summed E-state index contributed by atoms with van der Waals surface area (Å²) in [4.78, 5) is 21.2. The minimum Gasteiger partial charge on any atom is -0.480 e. The summed E-state index contributed by atoms with van der Waals surface area (Å²) in [5.41, 5.74) is 0.517. The first-order valence-electron chi connectivity index (χ1n) is 4.93. The van der Waals surface area contributed by atoms with Gasteiger partial charge in [-0.05, 0) is 5.56 Å². The predicted octanol–water partition coefficient (Wildman–Crippen LogP) is -0.153. The molecule has 0 radical (unpaired) electrons. The van der Waals surface area contributed by atoms with Crippen LogP contribution in [0.4, 0.5) is 0 Å². The first kappa shape index (κ1) is 13.1. The van der Waals surface area contributed by atoms with Gasteiger partial charge in [0, 0.05) is 0 Å². The van der Waals surface area contributed by atoms with Crippen molar-refractivity contribution in [1.29, 1.82) is 0 Å². The highest BCUT2D eigenvalue weighted by Crippen LogP contribution is 2.16. The van der Waals surface area contributed by atoms with E-state index in [4.69, 9.17) is 10.2 Å². The molecular formula is C11H13NO5. The van der Waals surface area contributed by atoms with E-state index in [0.717, 1.165) is 0 Å². The standard InChI is InChI=1S/C11H13NO5/c13-8(14)6-12-9(10(15)11(16)17)7-4-2-1-3-5-7/h1-5,9-10,12,15H,6H2,(H,13,14)(H,16,17)/t9-,10-/m0/s1. The Balaban J connectivity index is 2.86. The van der Waals surface area contributed by atoms with Crippen molar-refractivity contribution in [2.75, 3.05) is 6.54 Å². The highest BCUT2D eigenvalue weighted by Gasteiger charge is 2.27. The molecule has 0 bridgehead atoms. The number of carboxylic acid groups (broad SMARTS) is 2. The molecule has 1 rings (SSSR count). The minimum atomic E-state index is -1.70. The monoisotopic (exact) mass is 239 g/mol.